The van der Waals surface area contributed by atoms with Gasteiger partial charge < -0.3 is 5.32 Å². The maximum Gasteiger partial charge on any atom is 0.154 e. The van der Waals surface area contributed by atoms with Gasteiger partial charge in [-0.1, -0.05) is 19.1 Å². The second kappa shape index (κ2) is 4.45. The molecule has 4 heteroatoms. The van der Waals surface area contributed by atoms with E-state index < -0.39 is 9.84 Å². The molecule has 0 saturated heterocycles. The van der Waals surface area contributed by atoms with Crippen molar-refractivity contribution in [2.45, 2.75) is 25.5 Å². The minimum Gasteiger partial charge on any atom is -0.385 e. The van der Waals surface area contributed by atoms with Gasteiger partial charge in [0.15, 0.2) is 9.84 Å². The lowest BCUT2D eigenvalue weighted by Crippen LogP contribution is -2.13. The molecule has 0 amide bonds. The zero-order valence-electron chi connectivity index (χ0n) is 9.49. The number of hydrogen-bond acceptors (Lipinski definition) is 3. The Hall–Kier alpha value is -1.03. The average molecular weight is 239 g/mol. The summed E-state index contributed by atoms with van der Waals surface area (Å²) in [6.07, 6.45) is 2.17. The molecule has 1 heterocycles. The smallest absolute Gasteiger partial charge is 0.154 e. The molecule has 0 unspecified atom stereocenters. The molecule has 2 rings (SSSR count). The zero-order chi connectivity index (χ0) is 11.6. The minimum absolute atomic E-state index is 0.163. The van der Waals surface area contributed by atoms with Crippen LogP contribution in [0.2, 0.25) is 0 Å². The Morgan fingerprint density at radius 2 is 2.19 bits per heavy atom. The van der Waals surface area contributed by atoms with Gasteiger partial charge >= 0.3 is 0 Å². The summed E-state index contributed by atoms with van der Waals surface area (Å²) in [6, 6.07) is 5.92. The number of fused-ring (bicyclic) bond motifs is 1. The lowest BCUT2D eigenvalue weighted by Gasteiger charge is -2.18. The van der Waals surface area contributed by atoms with Crippen molar-refractivity contribution in [3.05, 3.63) is 29.3 Å². The molecule has 0 aromatic heterocycles. The number of sulfone groups is 1. The van der Waals surface area contributed by atoms with Gasteiger partial charge in [-0.3, -0.25) is 0 Å². The van der Waals surface area contributed by atoms with E-state index in [-0.39, 0.29) is 11.5 Å². The lowest BCUT2D eigenvalue weighted by atomic mass is 10.0. The standard InChI is InChI=1S/C12H17NO2S/c1-2-16(14,15)9-10-5-6-12-11(8-10)4-3-7-13-12/h5-6,8,13H,2-4,7,9H2,1H3. The molecule has 88 valence electrons. The van der Waals surface area contributed by atoms with Crippen molar-refractivity contribution in [3.63, 3.8) is 0 Å². The molecular formula is C12H17NO2S. The predicted octanol–water partition coefficient (Wildman–Crippen LogP) is 1.98. The molecule has 16 heavy (non-hydrogen) atoms. The van der Waals surface area contributed by atoms with Gasteiger partial charge in [0.05, 0.1) is 5.75 Å². The Labute approximate surface area is 96.8 Å². The van der Waals surface area contributed by atoms with E-state index in [2.05, 4.69) is 5.32 Å². The molecule has 1 aromatic rings. The van der Waals surface area contributed by atoms with E-state index in [4.69, 9.17) is 0 Å². The topological polar surface area (TPSA) is 46.2 Å². The highest BCUT2D eigenvalue weighted by Gasteiger charge is 2.12. The fourth-order valence-electron chi connectivity index (χ4n) is 1.97. The Kier molecular flexibility index (Phi) is 3.19. The maximum atomic E-state index is 11.5. The van der Waals surface area contributed by atoms with Gasteiger partial charge in [-0.15, -0.1) is 0 Å². The third kappa shape index (κ3) is 2.55. The molecule has 1 aliphatic heterocycles. The molecule has 1 aromatic carbocycles. The molecule has 3 nitrogen and oxygen atoms in total. The van der Waals surface area contributed by atoms with Crippen LogP contribution in [0, 0.1) is 0 Å². The summed E-state index contributed by atoms with van der Waals surface area (Å²) in [4.78, 5) is 0. The van der Waals surface area contributed by atoms with Gasteiger partial charge in [-0.2, -0.15) is 0 Å². The number of nitrogens with one attached hydrogen (secondary N) is 1. The van der Waals surface area contributed by atoms with Crippen molar-refractivity contribution >= 4 is 15.5 Å². The van der Waals surface area contributed by atoms with E-state index in [1.807, 2.05) is 18.2 Å². The first-order valence-corrected chi connectivity index (χ1v) is 7.49. The SMILES string of the molecule is CCS(=O)(=O)Cc1ccc2c(c1)CCCN2. The van der Waals surface area contributed by atoms with E-state index >= 15 is 0 Å². The summed E-state index contributed by atoms with van der Waals surface area (Å²) in [5.41, 5.74) is 3.31. The third-order valence-electron chi connectivity index (χ3n) is 2.93. The Balaban J connectivity index is 2.24. The summed E-state index contributed by atoms with van der Waals surface area (Å²) >= 11 is 0. The van der Waals surface area contributed by atoms with E-state index in [1.165, 1.54) is 5.56 Å². The first-order valence-electron chi connectivity index (χ1n) is 5.67. The number of hydrogen-bond donors (Lipinski definition) is 1. The fraction of sp³-hybridized carbons (Fsp3) is 0.500. The molecule has 0 bridgehead atoms. The van der Waals surface area contributed by atoms with Crippen LogP contribution in [0.5, 0.6) is 0 Å². The highest BCUT2D eigenvalue weighted by Crippen LogP contribution is 2.23. The van der Waals surface area contributed by atoms with Crippen LogP contribution in [0.1, 0.15) is 24.5 Å². The van der Waals surface area contributed by atoms with Crippen LogP contribution in [0.25, 0.3) is 0 Å². The molecule has 0 atom stereocenters. The monoisotopic (exact) mass is 239 g/mol. The molecule has 1 N–H and O–H groups in total. The Bertz CT molecular complexity index is 480. The molecule has 0 aliphatic carbocycles. The molecule has 1 aliphatic rings. The van der Waals surface area contributed by atoms with Crippen LogP contribution in [0.3, 0.4) is 0 Å². The third-order valence-corrected chi connectivity index (χ3v) is 4.59. The summed E-state index contributed by atoms with van der Waals surface area (Å²) in [5, 5.41) is 3.32. The zero-order valence-corrected chi connectivity index (χ0v) is 10.3. The van der Waals surface area contributed by atoms with Crippen molar-refractivity contribution in [1.29, 1.82) is 0 Å². The summed E-state index contributed by atoms with van der Waals surface area (Å²) in [6.45, 7) is 2.70. The quantitative estimate of drug-likeness (QED) is 0.877. The number of benzene rings is 1. The van der Waals surface area contributed by atoms with Crippen LogP contribution in [0.4, 0.5) is 5.69 Å². The van der Waals surface area contributed by atoms with E-state index in [1.54, 1.807) is 6.92 Å². The van der Waals surface area contributed by atoms with Gasteiger partial charge in [0.2, 0.25) is 0 Å². The minimum atomic E-state index is -2.92. The highest BCUT2D eigenvalue weighted by molar-refractivity contribution is 7.90. The van der Waals surface area contributed by atoms with Gasteiger partial charge in [0.25, 0.3) is 0 Å². The second-order valence-electron chi connectivity index (χ2n) is 4.20. The Morgan fingerprint density at radius 3 is 2.94 bits per heavy atom. The molecule has 0 fully saturated rings. The lowest BCUT2D eigenvalue weighted by molar-refractivity contribution is 0.596. The van der Waals surface area contributed by atoms with Crippen molar-refractivity contribution in [2.75, 3.05) is 17.6 Å². The summed E-state index contributed by atoms with van der Waals surface area (Å²) < 4.78 is 23.0. The fourth-order valence-corrected chi connectivity index (χ4v) is 2.87. The predicted molar refractivity (Wildman–Crippen MR) is 66.4 cm³/mol. The van der Waals surface area contributed by atoms with Gasteiger partial charge in [-0.25, -0.2) is 8.42 Å². The number of rotatable bonds is 3. The molecular weight excluding hydrogens is 222 g/mol. The van der Waals surface area contributed by atoms with Crippen LogP contribution < -0.4 is 5.32 Å². The first kappa shape index (κ1) is 11.5. The van der Waals surface area contributed by atoms with Crippen LogP contribution in [-0.2, 0) is 22.0 Å². The van der Waals surface area contributed by atoms with Crippen molar-refractivity contribution < 1.29 is 8.42 Å². The Morgan fingerprint density at radius 1 is 1.38 bits per heavy atom. The van der Waals surface area contributed by atoms with Crippen molar-refractivity contribution in [1.82, 2.24) is 0 Å². The van der Waals surface area contributed by atoms with E-state index in [0.29, 0.717) is 0 Å². The van der Waals surface area contributed by atoms with E-state index in [9.17, 15) is 8.42 Å². The molecule has 0 saturated carbocycles. The van der Waals surface area contributed by atoms with E-state index in [0.717, 1.165) is 30.6 Å². The largest absolute Gasteiger partial charge is 0.385 e. The number of anilines is 1. The summed E-state index contributed by atoms with van der Waals surface area (Å²) in [5.74, 6) is 0.374. The average Bonchev–Trinajstić information content (AvgIpc) is 2.28. The second-order valence-corrected chi connectivity index (χ2v) is 6.55. The number of aryl methyl sites for hydroxylation is 1. The normalized spacial score (nSPS) is 15.3. The van der Waals surface area contributed by atoms with Crippen molar-refractivity contribution in [3.8, 4) is 0 Å². The molecule has 0 spiro atoms. The van der Waals surface area contributed by atoms with Gasteiger partial charge in [0, 0.05) is 18.0 Å². The first-order chi connectivity index (χ1) is 7.61. The maximum absolute atomic E-state index is 11.5. The van der Waals surface area contributed by atoms with Gasteiger partial charge in [-0.05, 0) is 30.0 Å². The van der Waals surface area contributed by atoms with Crippen molar-refractivity contribution in [2.24, 2.45) is 0 Å². The van der Waals surface area contributed by atoms with Crippen LogP contribution >= 0.6 is 0 Å². The summed E-state index contributed by atoms with van der Waals surface area (Å²) in [7, 11) is -2.92. The highest BCUT2D eigenvalue weighted by atomic mass is 32.2. The van der Waals surface area contributed by atoms with Gasteiger partial charge in [0.1, 0.15) is 0 Å². The van der Waals surface area contributed by atoms with Crippen LogP contribution in [-0.4, -0.2) is 20.7 Å². The molecule has 0 radical (unpaired) electrons. The van der Waals surface area contributed by atoms with Crippen LogP contribution in [0.15, 0.2) is 18.2 Å².